The van der Waals surface area contributed by atoms with Gasteiger partial charge >= 0.3 is 6.03 Å². The van der Waals surface area contributed by atoms with E-state index in [1.807, 2.05) is 19.2 Å². The van der Waals surface area contributed by atoms with Gasteiger partial charge in [-0.15, -0.1) is 11.3 Å². The molecule has 0 unspecified atom stereocenters. The van der Waals surface area contributed by atoms with Gasteiger partial charge in [0.25, 0.3) is 0 Å². The number of aromatic nitrogens is 1. The highest BCUT2D eigenvalue weighted by molar-refractivity contribution is 7.09. The molecule has 8 heteroatoms. The van der Waals surface area contributed by atoms with Crippen LogP contribution in [0.3, 0.4) is 0 Å². The monoisotopic (exact) mass is 418 g/mol. The molecule has 0 spiro atoms. The van der Waals surface area contributed by atoms with Crippen molar-refractivity contribution in [1.82, 2.24) is 15.2 Å². The van der Waals surface area contributed by atoms with E-state index in [-0.39, 0.29) is 23.5 Å². The number of urea groups is 1. The van der Waals surface area contributed by atoms with E-state index in [0.717, 1.165) is 30.0 Å². The molecular weight excluding hydrogens is 391 g/mol. The number of anilines is 1. The van der Waals surface area contributed by atoms with E-state index >= 15 is 0 Å². The maximum Gasteiger partial charge on any atom is 0.321 e. The van der Waals surface area contributed by atoms with Crippen molar-refractivity contribution >= 4 is 29.0 Å². The summed E-state index contributed by atoms with van der Waals surface area (Å²) in [6.07, 6.45) is 2.39. The number of rotatable bonds is 6. The summed E-state index contributed by atoms with van der Waals surface area (Å²) in [6, 6.07) is 5.90. The zero-order valence-corrected chi connectivity index (χ0v) is 17.6. The highest BCUT2D eigenvalue weighted by atomic mass is 32.1. The molecule has 1 fully saturated rings. The van der Waals surface area contributed by atoms with E-state index in [2.05, 4.69) is 10.6 Å². The molecule has 1 aliphatic heterocycles. The molecule has 3 rings (SSSR count). The minimum atomic E-state index is -0.435. The van der Waals surface area contributed by atoms with Crippen molar-refractivity contribution in [3.05, 3.63) is 46.2 Å². The molecular formula is C21H27FN4O2S. The second-order valence-corrected chi connectivity index (χ2v) is 8.43. The quantitative estimate of drug-likeness (QED) is 0.744. The van der Waals surface area contributed by atoms with Crippen LogP contribution in [0.25, 0.3) is 0 Å². The van der Waals surface area contributed by atoms with Crippen molar-refractivity contribution in [3.8, 4) is 0 Å². The lowest BCUT2D eigenvalue weighted by molar-refractivity contribution is -0.123. The zero-order valence-electron chi connectivity index (χ0n) is 16.8. The maximum atomic E-state index is 13.7. The van der Waals surface area contributed by atoms with Gasteiger partial charge in [0.15, 0.2) is 0 Å². The lowest BCUT2D eigenvalue weighted by atomic mass is 9.98. The SMILES string of the molecule is CC(C)C(=O)NCCc1csc(C2CCN(C(=O)Nc3ccccc3F)CC2)n1. The molecule has 156 valence electrons. The zero-order chi connectivity index (χ0) is 20.8. The molecule has 2 heterocycles. The predicted octanol–water partition coefficient (Wildman–Crippen LogP) is 4.01. The third-order valence-corrected chi connectivity index (χ3v) is 6.08. The van der Waals surface area contributed by atoms with Crippen LogP contribution in [-0.2, 0) is 11.2 Å². The molecule has 1 saturated heterocycles. The highest BCUT2D eigenvalue weighted by Gasteiger charge is 2.26. The first kappa shape index (κ1) is 21.2. The Balaban J connectivity index is 1.46. The number of carbonyl (C=O) groups is 2. The molecule has 29 heavy (non-hydrogen) atoms. The summed E-state index contributed by atoms with van der Waals surface area (Å²) in [6.45, 7) is 5.57. The average Bonchev–Trinajstić information content (AvgIpc) is 3.18. The van der Waals surface area contributed by atoms with Crippen LogP contribution in [-0.4, -0.2) is 41.5 Å². The molecule has 2 aromatic rings. The fourth-order valence-corrected chi connectivity index (χ4v) is 4.25. The molecule has 1 aliphatic rings. The van der Waals surface area contributed by atoms with Crippen LogP contribution in [0.5, 0.6) is 0 Å². The summed E-state index contributed by atoms with van der Waals surface area (Å²) in [4.78, 5) is 30.5. The number of carbonyl (C=O) groups excluding carboxylic acids is 2. The lowest BCUT2D eigenvalue weighted by Crippen LogP contribution is -2.40. The topological polar surface area (TPSA) is 74.3 Å². The summed E-state index contributed by atoms with van der Waals surface area (Å²) in [5.41, 5.74) is 1.20. The Hall–Kier alpha value is -2.48. The molecule has 0 bridgehead atoms. The number of hydrogen-bond acceptors (Lipinski definition) is 4. The third kappa shape index (κ3) is 5.76. The molecule has 0 atom stereocenters. The van der Waals surface area contributed by atoms with Crippen LogP contribution in [0.15, 0.2) is 29.6 Å². The molecule has 0 radical (unpaired) electrons. The Morgan fingerprint density at radius 3 is 2.69 bits per heavy atom. The number of piperidine rings is 1. The minimum absolute atomic E-state index is 0.0123. The van der Waals surface area contributed by atoms with Crippen LogP contribution in [0, 0.1) is 11.7 Å². The fourth-order valence-electron chi connectivity index (χ4n) is 3.23. The second kappa shape index (κ2) is 9.82. The van der Waals surface area contributed by atoms with E-state index in [9.17, 15) is 14.0 Å². The Morgan fingerprint density at radius 1 is 1.28 bits per heavy atom. The summed E-state index contributed by atoms with van der Waals surface area (Å²) in [5, 5.41) is 8.69. The summed E-state index contributed by atoms with van der Waals surface area (Å²) in [7, 11) is 0. The third-order valence-electron chi connectivity index (χ3n) is 5.02. The first-order valence-electron chi connectivity index (χ1n) is 9.96. The standard InChI is InChI=1S/C21H27FN4O2S/c1-14(2)19(27)23-10-7-16-13-29-20(24-16)15-8-11-26(12-9-15)21(28)25-18-6-4-3-5-17(18)22/h3-6,13-15H,7-12H2,1-2H3,(H,23,27)(H,25,28). The number of nitrogens with zero attached hydrogens (tertiary/aromatic N) is 2. The van der Waals surface area contributed by atoms with Gasteiger partial charge in [-0.25, -0.2) is 14.2 Å². The Morgan fingerprint density at radius 2 is 2.00 bits per heavy atom. The predicted molar refractivity (Wildman–Crippen MR) is 113 cm³/mol. The summed E-state index contributed by atoms with van der Waals surface area (Å²) >= 11 is 1.64. The minimum Gasteiger partial charge on any atom is -0.355 e. The largest absolute Gasteiger partial charge is 0.355 e. The van der Waals surface area contributed by atoms with Gasteiger partial charge in [-0.2, -0.15) is 0 Å². The second-order valence-electron chi connectivity index (χ2n) is 7.54. The normalized spacial score (nSPS) is 14.8. The van der Waals surface area contributed by atoms with Gasteiger partial charge in [0.1, 0.15) is 5.82 Å². The van der Waals surface area contributed by atoms with Gasteiger partial charge in [-0.05, 0) is 25.0 Å². The first-order valence-corrected chi connectivity index (χ1v) is 10.8. The Kier molecular flexibility index (Phi) is 7.19. The van der Waals surface area contributed by atoms with Crippen LogP contribution in [0.2, 0.25) is 0 Å². The van der Waals surface area contributed by atoms with Crippen molar-refractivity contribution in [3.63, 3.8) is 0 Å². The number of hydrogen-bond donors (Lipinski definition) is 2. The number of nitrogens with one attached hydrogen (secondary N) is 2. The molecule has 3 amide bonds. The maximum absolute atomic E-state index is 13.7. The summed E-state index contributed by atoms with van der Waals surface area (Å²) < 4.78 is 13.7. The van der Waals surface area contributed by atoms with Crippen LogP contribution >= 0.6 is 11.3 Å². The van der Waals surface area contributed by atoms with Crippen molar-refractivity contribution in [2.24, 2.45) is 5.92 Å². The van der Waals surface area contributed by atoms with E-state index in [4.69, 9.17) is 4.98 Å². The van der Waals surface area contributed by atoms with Crippen molar-refractivity contribution in [2.45, 2.75) is 39.0 Å². The number of halogens is 1. The first-order chi connectivity index (χ1) is 13.9. The van der Waals surface area contributed by atoms with Gasteiger partial charge in [0.2, 0.25) is 5.91 Å². The number of thiazole rings is 1. The molecule has 1 aromatic heterocycles. The van der Waals surface area contributed by atoms with Gasteiger partial charge < -0.3 is 15.5 Å². The van der Waals surface area contributed by atoms with Crippen LogP contribution in [0.1, 0.15) is 43.3 Å². The molecule has 0 saturated carbocycles. The highest BCUT2D eigenvalue weighted by Crippen LogP contribution is 2.30. The van der Waals surface area contributed by atoms with Gasteiger partial charge in [-0.1, -0.05) is 26.0 Å². The molecule has 2 N–H and O–H groups in total. The molecule has 1 aromatic carbocycles. The lowest BCUT2D eigenvalue weighted by Gasteiger charge is -2.31. The summed E-state index contributed by atoms with van der Waals surface area (Å²) in [5.74, 6) is -0.0598. The number of benzene rings is 1. The number of para-hydroxylation sites is 1. The van der Waals surface area contributed by atoms with Crippen LogP contribution in [0.4, 0.5) is 14.9 Å². The fraction of sp³-hybridized carbons (Fsp3) is 0.476. The van der Waals surface area contributed by atoms with Crippen molar-refractivity contribution in [1.29, 1.82) is 0 Å². The van der Waals surface area contributed by atoms with Gasteiger partial charge in [0, 0.05) is 43.3 Å². The van der Waals surface area contributed by atoms with E-state index < -0.39 is 5.82 Å². The smallest absolute Gasteiger partial charge is 0.321 e. The van der Waals surface area contributed by atoms with Gasteiger partial charge in [0.05, 0.1) is 16.4 Å². The Bertz CT molecular complexity index is 847. The molecule has 6 nitrogen and oxygen atoms in total. The van der Waals surface area contributed by atoms with Crippen molar-refractivity contribution in [2.75, 3.05) is 25.0 Å². The van der Waals surface area contributed by atoms with Crippen molar-refractivity contribution < 1.29 is 14.0 Å². The molecule has 0 aliphatic carbocycles. The number of amides is 3. The van der Waals surface area contributed by atoms with E-state index in [1.165, 1.54) is 6.07 Å². The average molecular weight is 419 g/mol. The van der Waals surface area contributed by atoms with E-state index in [1.54, 1.807) is 34.4 Å². The Labute approximate surface area is 174 Å². The van der Waals surface area contributed by atoms with E-state index in [0.29, 0.717) is 25.6 Å². The van der Waals surface area contributed by atoms with Gasteiger partial charge in [-0.3, -0.25) is 4.79 Å². The number of likely N-dealkylation sites (tertiary alicyclic amines) is 1. The van der Waals surface area contributed by atoms with Crippen LogP contribution < -0.4 is 10.6 Å².